The van der Waals surface area contributed by atoms with Gasteiger partial charge in [-0.1, -0.05) is 44.0 Å². The molecule has 252 valence electrons. The van der Waals surface area contributed by atoms with Crippen molar-refractivity contribution in [3.8, 4) is 5.75 Å². The van der Waals surface area contributed by atoms with Gasteiger partial charge in [0, 0.05) is 47.9 Å². The van der Waals surface area contributed by atoms with Gasteiger partial charge in [-0.05, 0) is 36.1 Å². The number of morpholine rings is 1. The van der Waals surface area contributed by atoms with Crippen LogP contribution in [-0.4, -0.2) is 60.0 Å². The minimum absolute atomic E-state index is 0.0291. The highest BCUT2D eigenvalue weighted by Gasteiger charge is 2.47. The normalized spacial score (nSPS) is 21.0. The number of pyridine rings is 1. The zero-order valence-electron chi connectivity index (χ0n) is 26.4. The molecule has 1 amide bonds. The molecule has 1 saturated carbocycles. The van der Waals surface area contributed by atoms with Crippen molar-refractivity contribution in [1.82, 2.24) is 9.58 Å². The van der Waals surface area contributed by atoms with Gasteiger partial charge in [0.15, 0.2) is 17.3 Å². The van der Waals surface area contributed by atoms with E-state index in [1.165, 1.54) is 28.7 Å². The molecule has 3 aliphatic heterocycles. The van der Waals surface area contributed by atoms with Crippen molar-refractivity contribution in [3.63, 3.8) is 0 Å². The summed E-state index contributed by atoms with van der Waals surface area (Å²) in [4.78, 5) is 55.6. The fourth-order valence-corrected chi connectivity index (χ4v) is 8.53. The summed E-state index contributed by atoms with van der Waals surface area (Å²) in [5, 5.41) is 1.85. The van der Waals surface area contributed by atoms with Crippen molar-refractivity contribution in [3.05, 3.63) is 92.9 Å². The van der Waals surface area contributed by atoms with Crippen LogP contribution in [0.5, 0.6) is 5.75 Å². The third-order valence-electron chi connectivity index (χ3n) is 9.85. The molecule has 1 aliphatic carbocycles. The van der Waals surface area contributed by atoms with E-state index in [2.05, 4.69) is 0 Å². The Labute approximate surface area is 279 Å². The van der Waals surface area contributed by atoms with E-state index >= 15 is 4.39 Å². The number of ether oxygens (including phenoxy) is 3. The first-order chi connectivity index (χ1) is 23.2. The minimum Gasteiger partial charge on any atom is -0.451 e. The Morgan fingerprint density at radius 3 is 2.65 bits per heavy atom. The second-order valence-corrected chi connectivity index (χ2v) is 13.6. The number of halogens is 2. The van der Waals surface area contributed by atoms with Crippen LogP contribution in [0.4, 0.5) is 8.78 Å². The minimum atomic E-state index is -0.955. The van der Waals surface area contributed by atoms with Crippen LogP contribution >= 0.6 is 11.8 Å². The monoisotopic (exact) mass is 679 g/mol. The Hall–Kier alpha value is -4.23. The number of hydrogen-bond acceptors (Lipinski definition) is 9. The fourth-order valence-electron chi connectivity index (χ4n) is 7.41. The van der Waals surface area contributed by atoms with Crippen molar-refractivity contribution >= 4 is 29.4 Å². The molecule has 13 heteroatoms. The zero-order chi connectivity index (χ0) is 33.6. The Bertz CT molecular complexity index is 1840. The molecule has 1 aromatic heterocycles. The highest BCUT2D eigenvalue weighted by Crippen LogP contribution is 2.46. The molecule has 0 spiro atoms. The molecule has 10 nitrogen and oxygen atoms in total. The van der Waals surface area contributed by atoms with Crippen LogP contribution in [-0.2, 0) is 24.8 Å². The van der Waals surface area contributed by atoms with Crippen LogP contribution < -0.4 is 15.2 Å². The van der Waals surface area contributed by atoms with Gasteiger partial charge in [-0.15, -0.1) is 11.8 Å². The summed E-state index contributed by atoms with van der Waals surface area (Å²) in [6.07, 6.45) is 3.85. The first-order valence-corrected chi connectivity index (χ1v) is 17.2. The number of fused-ring (bicyclic) bond motifs is 4. The van der Waals surface area contributed by atoms with E-state index in [0.717, 1.165) is 29.4 Å². The van der Waals surface area contributed by atoms with E-state index in [9.17, 15) is 23.6 Å². The van der Waals surface area contributed by atoms with Gasteiger partial charge in [-0.3, -0.25) is 28.9 Å². The lowest BCUT2D eigenvalue weighted by atomic mass is 9.81. The lowest BCUT2D eigenvalue weighted by Gasteiger charge is -2.51. The summed E-state index contributed by atoms with van der Waals surface area (Å²) in [5.74, 6) is -3.09. The molecule has 0 bridgehead atoms. The van der Waals surface area contributed by atoms with Crippen molar-refractivity contribution in [2.75, 3.05) is 31.6 Å². The zero-order valence-corrected chi connectivity index (χ0v) is 27.2. The summed E-state index contributed by atoms with van der Waals surface area (Å²) in [6.45, 7) is 1.70. The van der Waals surface area contributed by atoms with Gasteiger partial charge >= 0.3 is 5.97 Å². The third kappa shape index (κ3) is 5.46. The van der Waals surface area contributed by atoms with Gasteiger partial charge in [0.2, 0.25) is 18.0 Å². The summed E-state index contributed by atoms with van der Waals surface area (Å²) >= 11 is 1.39. The van der Waals surface area contributed by atoms with Crippen LogP contribution in [0, 0.1) is 17.0 Å². The molecule has 0 unspecified atom stereocenters. The van der Waals surface area contributed by atoms with E-state index in [-0.39, 0.29) is 54.7 Å². The molecule has 0 N–H and O–H groups in total. The van der Waals surface area contributed by atoms with Crippen LogP contribution in [0.25, 0.3) is 0 Å². The average Bonchev–Trinajstić information content (AvgIpc) is 3.51. The fraction of sp³-hybridized carbons (Fsp3) is 0.429. The molecule has 3 aromatic rings. The molecule has 1 saturated heterocycles. The van der Waals surface area contributed by atoms with Crippen LogP contribution in [0.15, 0.2) is 58.4 Å². The van der Waals surface area contributed by atoms with Gasteiger partial charge < -0.3 is 19.1 Å². The molecule has 4 heterocycles. The van der Waals surface area contributed by atoms with E-state index in [0.29, 0.717) is 24.8 Å². The lowest BCUT2D eigenvalue weighted by molar-refractivity contribution is -0.164. The van der Waals surface area contributed by atoms with E-state index < -0.39 is 53.4 Å². The maximum absolute atomic E-state index is 15.4. The number of benzene rings is 2. The number of thioether (sulfide) groups is 1. The maximum atomic E-state index is 15.4. The number of carbonyl (C=O) groups is 3. The van der Waals surface area contributed by atoms with Gasteiger partial charge in [0.1, 0.15) is 11.9 Å². The molecule has 48 heavy (non-hydrogen) atoms. The van der Waals surface area contributed by atoms with Gasteiger partial charge in [0.25, 0.3) is 5.91 Å². The molecule has 0 radical (unpaired) electrons. The topological polar surface area (TPSA) is 107 Å². The van der Waals surface area contributed by atoms with E-state index in [1.807, 2.05) is 29.3 Å². The number of Topliss-reactive ketones (excluding diaryl/α,β-unsaturated/α-hetero) is 1. The summed E-state index contributed by atoms with van der Waals surface area (Å²) < 4.78 is 48.8. The highest BCUT2D eigenvalue weighted by atomic mass is 32.2. The van der Waals surface area contributed by atoms with E-state index in [4.69, 9.17) is 14.2 Å². The smallest absolute Gasteiger partial charge is 0.315 e. The number of esters is 1. The first-order valence-electron chi connectivity index (χ1n) is 16.2. The average molecular weight is 680 g/mol. The van der Waals surface area contributed by atoms with Gasteiger partial charge in [-0.25, -0.2) is 8.78 Å². The lowest BCUT2D eigenvalue weighted by Crippen LogP contribution is -2.66. The number of carbonyl (C=O) groups excluding carboxylic acids is 3. The molecular weight excluding hydrogens is 644 g/mol. The van der Waals surface area contributed by atoms with Crippen molar-refractivity contribution in [1.29, 1.82) is 0 Å². The molecule has 7 rings (SSSR count). The van der Waals surface area contributed by atoms with Crippen LogP contribution in [0.1, 0.15) is 78.7 Å². The predicted molar refractivity (Wildman–Crippen MR) is 171 cm³/mol. The molecule has 4 aliphatic rings. The first kappa shape index (κ1) is 32.3. The Kier molecular flexibility index (Phi) is 8.75. The van der Waals surface area contributed by atoms with Gasteiger partial charge in [-0.2, -0.15) is 0 Å². The molecular formula is C35H35F2N3O7S. The highest BCUT2D eigenvalue weighted by molar-refractivity contribution is 7.98. The summed E-state index contributed by atoms with van der Waals surface area (Å²) in [5.41, 5.74) is -0.101. The molecule has 2 aromatic carbocycles. The number of rotatable bonds is 8. The summed E-state index contributed by atoms with van der Waals surface area (Å²) in [6, 6.07) is 10.7. The number of nitrogens with zero attached hydrogens (tertiary/aromatic N) is 3. The standard InChI is InChI=1S/C35H35F2N3O7S/c1-2-21(41)17-35(12-5-6-13-35)34(44)47-20-46-32-26(42)11-14-39-31(32)33(43)38-15-16-45-18-28(38)40(39)30-22-9-10-25(36)29(37)24(22)19-48-27-8-4-3-7-23(27)30/h3-4,7-11,14,28,30H,2,5-6,12-13,15-20H2,1H3/t28-,30+/m1/s1. The van der Waals surface area contributed by atoms with Crippen LogP contribution in [0.2, 0.25) is 0 Å². The van der Waals surface area contributed by atoms with Crippen LogP contribution in [0.3, 0.4) is 0 Å². The number of ketones is 1. The molecule has 2 fully saturated rings. The number of hydrogen-bond donors (Lipinski definition) is 0. The quantitative estimate of drug-likeness (QED) is 0.238. The van der Waals surface area contributed by atoms with Crippen molar-refractivity contribution < 1.29 is 37.4 Å². The Morgan fingerprint density at radius 1 is 1.06 bits per heavy atom. The Morgan fingerprint density at radius 2 is 1.85 bits per heavy atom. The van der Waals surface area contributed by atoms with Gasteiger partial charge in [0.05, 0.1) is 24.7 Å². The third-order valence-corrected chi connectivity index (χ3v) is 11.0. The maximum Gasteiger partial charge on any atom is 0.315 e. The predicted octanol–water partition coefficient (Wildman–Crippen LogP) is 5.08. The largest absolute Gasteiger partial charge is 0.451 e. The van der Waals surface area contributed by atoms with E-state index in [1.54, 1.807) is 17.9 Å². The Balaban J connectivity index is 1.30. The second kappa shape index (κ2) is 13.0. The SMILES string of the molecule is CCC(=O)CC1(C(=O)OCOc2c3n(ccc2=O)N([C@@H]2c4ccccc4SCc4c2ccc(F)c4F)[C@@H]2COCCN2C3=O)CCCC1. The second-order valence-electron chi connectivity index (χ2n) is 12.5. The molecule has 2 atom stereocenters. The number of amides is 1. The number of aromatic nitrogens is 1. The van der Waals surface area contributed by atoms with Crippen molar-refractivity contribution in [2.45, 2.75) is 68.3 Å². The van der Waals surface area contributed by atoms with Crippen molar-refractivity contribution in [2.24, 2.45) is 5.41 Å². The summed E-state index contributed by atoms with van der Waals surface area (Å²) in [7, 11) is 0.